The molecule has 0 fully saturated rings. The average molecular weight is 291 g/mol. The summed E-state index contributed by atoms with van der Waals surface area (Å²) in [5.41, 5.74) is 4.08. The number of nitrogens with one attached hydrogen (secondary N) is 2. The Bertz CT molecular complexity index is 611. The molecule has 0 saturated carbocycles. The predicted molar refractivity (Wildman–Crippen MR) is 87.2 cm³/mol. The molecule has 0 saturated heterocycles. The lowest BCUT2D eigenvalue weighted by Crippen LogP contribution is -2.19. The normalized spacial score (nSPS) is 10.1. The number of thiocarbonyl (C=S) groups is 1. The second kappa shape index (κ2) is 6.04. The lowest BCUT2D eigenvalue weighted by atomic mass is 10.2. The molecule has 2 N–H and O–H groups in total. The second-order valence-corrected chi connectivity index (χ2v) is 5.23. The molecule has 0 aromatic heterocycles. The minimum absolute atomic E-state index is 0.547. The SMILES string of the molecule is Cc1cccc(NC(=S)Nc2ccc(C)c(Cl)c2)c1. The van der Waals surface area contributed by atoms with Crippen molar-refractivity contribution < 1.29 is 0 Å². The Labute approximate surface area is 123 Å². The van der Waals surface area contributed by atoms with Crippen LogP contribution in [0.15, 0.2) is 42.5 Å². The first-order valence-electron chi connectivity index (χ1n) is 5.95. The van der Waals surface area contributed by atoms with E-state index in [0.717, 1.165) is 22.0 Å². The maximum Gasteiger partial charge on any atom is 0.175 e. The highest BCUT2D eigenvalue weighted by Gasteiger charge is 2.01. The molecule has 0 aliphatic heterocycles. The van der Waals surface area contributed by atoms with Gasteiger partial charge in [0.05, 0.1) is 0 Å². The van der Waals surface area contributed by atoms with E-state index >= 15 is 0 Å². The molecule has 2 aromatic rings. The van der Waals surface area contributed by atoms with Gasteiger partial charge >= 0.3 is 0 Å². The highest BCUT2D eigenvalue weighted by atomic mass is 35.5. The fraction of sp³-hybridized carbons (Fsp3) is 0.133. The van der Waals surface area contributed by atoms with E-state index in [1.165, 1.54) is 5.56 Å². The molecule has 0 amide bonds. The van der Waals surface area contributed by atoms with Gasteiger partial charge in [-0.1, -0.05) is 29.8 Å². The van der Waals surface area contributed by atoms with Crippen molar-refractivity contribution in [3.05, 3.63) is 58.6 Å². The van der Waals surface area contributed by atoms with Crippen molar-refractivity contribution in [2.75, 3.05) is 10.6 Å². The summed E-state index contributed by atoms with van der Waals surface area (Å²) in [6.07, 6.45) is 0. The molecule has 98 valence electrons. The van der Waals surface area contributed by atoms with Gasteiger partial charge in [-0.2, -0.15) is 0 Å². The van der Waals surface area contributed by atoms with E-state index in [1.807, 2.05) is 56.3 Å². The highest BCUT2D eigenvalue weighted by molar-refractivity contribution is 7.80. The Kier molecular flexibility index (Phi) is 4.40. The summed E-state index contributed by atoms with van der Waals surface area (Å²) in [5, 5.41) is 7.53. The van der Waals surface area contributed by atoms with Crippen LogP contribution in [-0.2, 0) is 0 Å². The van der Waals surface area contributed by atoms with Crippen LogP contribution in [0.5, 0.6) is 0 Å². The summed E-state index contributed by atoms with van der Waals surface area (Å²) in [4.78, 5) is 0. The third-order valence-corrected chi connectivity index (χ3v) is 3.32. The van der Waals surface area contributed by atoms with Crippen molar-refractivity contribution in [3.63, 3.8) is 0 Å². The summed E-state index contributed by atoms with van der Waals surface area (Å²) in [6.45, 7) is 4.01. The molecule has 2 rings (SSSR count). The molecule has 0 atom stereocenters. The van der Waals surface area contributed by atoms with E-state index in [2.05, 4.69) is 10.6 Å². The minimum Gasteiger partial charge on any atom is -0.332 e. The van der Waals surface area contributed by atoms with Gasteiger partial charge in [-0.05, 0) is 61.5 Å². The lowest BCUT2D eigenvalue weighted by molar-refractivity contribution is 1.45. The molecule has 0 spiro atoms. The van der Waals surface area contributed by atoms with Gasteiger partial charge in [-0.3, -0.25) is 0 Å². The van der Waals surface area contributed by atoms with Gasteiger partial charge in [0.25, 0.3) is 0 Å². The quantitative estimate of drug-likeness (QED) is 0.779. The molecule has 2 nitrogen and oxygen atoms in total. The molecular formula is C15H15ClN2S. The van der Waals surface area contributed by atoms with Crippen molar-refractivity contribution in [1.29, 1.82) is 0 Å². The Morgan fingerprint density at radius 1 is 1.00 bits per heavy atom. The number of benzene rings is 2. The molecule has 19 heavy (non-hydrogen) atoms. The van der Waals surface area contributed by atoms with Gasteiger partial charge in [-0.15, -0.1) is 0 Å². The van der Waals surface area contributed by atoms with Gasteiger partial charge in [0, 0.05) is 16.4 Å². The highest BCUT2D eigenvalue weighted by Crippen LogP contribution is 2.20. The lowest BCUT2D eigenvalue weighted by Gasteiger charge is -2.11. The summed E-state index contributed by atoms with van der Waals surface area (Å²) in [7, 11) is 0. The molecule has 0 aliphatic carbocycles. The smallest absolute Gasteiger partial charge is 0.175 e. The first kappa shape index (κ1) is 13.8. The van der Waals surface area contributed by atoms with Crippen molar-refractivity contribution >= 4 is 40.3 Å². The number of hydrogen-bond acceptors (Lipinski definition) is 1. The maximum atomic E-state index is 6.07. The van der Waals surface area contributed by atoms with E-state index in [-0.39, 0.29) is 0 Å². The van der Waals surface area contributed by atoms with Crippen LogP contribution in [0.4, 0.5) is 11.4 Å². The monoisotopic (exact) mass is 290 g/mol. The molecule has 0 bridgehead atoms. The van der Waals surface area contributed by atoms with Crippen molar-refractivity contribution in [3.8, 4) is 0 Å². The molecule has 2 aromatic carbocycles. The third kappa shape index (κ3) is 3.94. The largest absolute Gasteiger partial charge is 0.332 e. The number of anilines is 2. The number of halogens is 1. The fourth-order valence-corrected chi connectivity index (χ4v) is 2.10. The van der Waals surface area contributed by atoms with Gasteiger partial charge in [-0.25, -0.2) is 0 Å². The fourth-order valence-electron chi connectivity index (χ4n) is 1.69. The van der Waals surface area contributed by atoms with Crippen LogP contribution < -0.4 is 10.6 Å². The van der Waals surface area contributed by atoms with Crippen LogP contribution in [0.3, 0.4) is 0 Å². The van der Waals surface area contributed by atoms with Crippen molar-refractivity contribution in [1.82, 2.24) is 0 Å². The molecule has 0 radical (unpaired) electrons. The minimum atomic E-state index is 0.547. The summed E-state index contributed by atoms with van der Waals surface area (Å²) < 4.78 is 0. The Morgan fingerprint density at radius 2 is 1.68 bits per heavy atom. The standard InChI is InChI=1S/C15H15ClN2S/c1-10-4-3-5-12(8-10)17-15(19)18-13-7-6-11(2)14(16)9-13/h3-9H,1-2H3,(H2,17,18,19). The molecule has 0 heterocycles. The topological polar surface area (TPSA) is 24.1 Å². The summed E-state index contributed by atoms with van der Waals surface area (Å²) >= 11 is 11.3. The second-order valence-electron chi connectivity index (χ2n) is 4.41. The average Bonchev–Trinajstić information content (AvgIpc) is 2.34. The van der Waals surface area contributed by atoms with Crippen LogP contribution in [0, 0.1) is 13.8 Å². The first-order chi connectivity index (χ1) is 9.04. The Morgan fingerprint density at radius 3 is 2.32 bits per heavy atom. The van der Waals surface area contributed by atoms with Gasteiger partial charge in [0.2, 0.25) is 0 Å². The van der Waals surface area contributed by atoms with Gasteiger partial charge < -0.3 is 10.6 Å². The zero-order chi connectivity index (χ0) is 13.8. The van der Waals surface area contributed by atoms with Crippen LogP contribution in [0.2, 0.25) is 5.02 Å². The van der Waals surface area contributed by atoms with Gasteiger partial charge in [0.1, 0.15) is 0 Å². The van der Waals surface area contributed by atoms with Crippen LogP contribution in [0.25, 0.3) is 0 Å². The zero-order valence-electron chi connectivity index (χ0n) is 10.8. The van der Waals surface area contributed by atoms with E-state index in [1.54, 1.807) is 0 Å². The Hall–Kier alpha value is -1.58. The summed E-state index contributed by atoms with van der Waals surface area (Å²) in [5.74, 6) is 0. The van der Waals surface area contributed by atoms with E-state index in [4.69, 9.17) is 23.8 Å². The summed E-state index contributed by atoms with van der Waals surface area (Å²) in [6, 6.07) is 13.8. The third-order valence-electron chi connectivity index (χ3n) is 2.71. The van der Waals surface area contributed by atoms with E-state index in [0.29, 0.717) is 5.11 Å². The first-order valence-corrected chi connectivity index (χ1v) is 6.74. The van der Waals surface area contributed by atoms with Crippen LogP contribution in [0.1, 0.15) is 11.1 Å². The van der Waals surface area contributed by atoms with E-state index < -0.39 is 0 Å². The molecule has 4 heteroatoms. The number of rotatable bonds is 2. The number of hydrogen-bond donors (Lipinski definition) is 2. The van der Waals surface area contributed by atoms with Crippen LogP contribution >= 0.6 is 23.8 Å². The predicted octanol–water partition coefficient (Wildman–Crippen LogP) is 4.77. The maximum absolute atomic E-state index is 6.07. The van der Waals surface area contributed by atoms with Crippen LogP contribution in [-0.4, -0.2) is 5.11 Å². The number of aryl methyl sites for hydroxylation is 2. The molecular weight excluding hydrogens is 276 g/mol. The Balaban J connectivity index is 2.03. The van der Waals surface area contributed by atoms with Crippen molar-refractivity contribution in [2.24, 2.45) is 0 Å². The molecule has 0 unspecified atom stereocenters. The molecule has 0 aliphatic rings. The van der Waals surface area contributed by atoms with Crippen molar-refractivity contribution in [2.45, 2.75) is 13.8 Å². The van der Waals surface area contributed by atoms with E-state index in [9.17, 15) is 0 Å². The zero-order valence-corrected chi connectivity index (χ0v) is 12.4. The van der Waals surface area contributed by atoms with Gasteiger partial charge in [0.15, 0.2) is 5.11 Å².